The number of ether oxygens (including phenoxy) is 1. The van der Waals surface area contributed by atoms with Crippen LogP contribution in [0.4, 0.5) is 0 Å². The van der Waals surface area contributed by atoms with Crippen molar-refractivity contribution in [2.45, 2.75) is 12.8 Å². The third-order valence-electron chi connectivity index (χ3n) is 7.05. The summed E-state index contributed by atoms with van der Waals surface area (Å²) < 4.78 is 8.10. The van der Waals surface area contributed by atoms with Gasteiger partial charge in [0.05, 0.1) is 53.5 Å². The lowest BCUT2D eigenvalue weighted by molar-refractivity contribution is -0.929. The molecule has 3 fully saturated rings. The van der Waals surface area contributed by atoms with Gasteiger partial charge in [-0.05, 0) is 18.3 Å². The van der Waals surface area contributed by atoms with Crippen LogP contribution in [0.15, 0.2) is 12.2 Å². The number of hydrogen-bond donors (Lipinski definition) is 0. The lowest BCUT2D eigenvalue weighted by Crippen LogP contribution is -2.53. The lowest BCUT2D eigenvalue weighted by atomic mass is 9.86. The second-order valence-electron chi connectivity index (χ2n) is 8.74. The Morgan fingerprint density at radius 1 is 0.905 bits per heavy atom. The minimum absolute atomic E-state index is 0.934. The summed E-state index contributed by atoms with van der Waals surface area (Å²) in [6.07, 6.45) is 7.92. The highest BCUT2D eigenvalue weighted by Crippen LogP contribution is 2.52. The summed E-state index contributed by atoms with van der Waals surface area (Å²) in [5.74, 6) is 3.89. The molecule has 2 aliphatic heterocycles. The Labute approximate surface area is 129 Å². The van der Waals surface area contributed by atoms with Gasteiger partial charge in [-0.2, -0.15) is 0 Å². The van der Waals surface area contributed by atoms with Crippen LogP contribution >= 0.6 is 0 Å². The molecule has 2 aliphatic carbocycles. The highest BCUT2D eigenvalue weighted by molar-refractivity contribution is 5.14. The van der Waals surface area contributed by atoms with E-state index in [9.17, 15) is 0 Å². The van der Waals surface area contributed by atoms with E-state index in [4.69, 9.17) is 4.74 Å². The fourth-order valence-electron chi connectivity index (χ4n) is 5.68. The first-order chi connectivity index (χ1) is 10.1. The third-order valence-corrected chi connectivity index (χ3v) is 7.05. The van der Waals surface area contributed by atoms with E-state index in [-0.39, 0.29) is 0 Å². The molecule has 0 amide bonds. The van der Waals surface area contributed by atoms with Gasteiger partial charge in [-0.1, -0.05) is 12.2 Å². The maximum atomic E-state index is 5.52. The molecule has 2 saturated heterocycles. The van der Waals surface area contributed by atoms with Crippen molar-refractivity contribution in [3.63, 3.8) is 0 Å². The number of quaternary nitrogens is 2. The molecule has 0 aromatic heterocycles. The van der Waals surface area contributed by atoms with Crippen LogP contribution in [-0.4, -0.2) is 75.5 Å². The molecule has 0 aromatic carbocycles. The Kier molecular flexibility index (Phi) is 3.44. The molecule has 1 saturated carbocycles. The van der Waals surface area contributed by atoms with Crippen molar-refractivity contribution in [1.29, 1.82) is 0 Å². The highest BCUT2D eigenvalue weighted by Gasteiger charge is 2.54. The van der Waals surface area contributed by atoms with Crippen molar-refractivity contribution < 1.29 is 13.7 Å². The third kappa shape index (κ3) is 2.58. The molecule has 21 heavy (non-hydrogen) atoms. The Morgan fingerprint density at radius 3 is 2.10 bits per heavy atom. The summed E-state index contributed by atoms with van der Waals surface area (Å²) in [6.45, 7) is 9.97. The number of likely N-dealkylation sites (tertiary alicyclic amines) is 1. The second-order valence-corrected chi connectivity index (χ2v) is 8.74. The van der Waals surface area contributed by atoms with Crippen molar-refractivity contribution in [2.24, 2.45) is 23.7 Å². The summed E-state index contributed by atoms with van der Waals surface area (Å²) in [4.78, 5) is 0. The predicted molar refractivity (Wildman–Crippen MR) is 84.7 cm³/mol. The van der Waals surface area contributed by atoms with E-state index in [1.54, 1.807) is 0 Å². The van der Waals surface area contributed by atoms with Gasteiger partial charge in [0.25, 0.3) is 0 Å². The zero-order valence-electron chi connectivity index (χ0n) is 13.8. The molecule has 5 atom stereocenters. The van der Waals surface area contributed by atoms with Gasteiger partial charge >= 0.3 is 0 Å². The predicted octanol–water partition coefficient (Wildman–Crippen LogP) is 1.75. The maximum absolute atomic E-state index is 5.52. The van der Waals surface area contributed by atoms with Gasteiger partial charge in [0.15, 0.2) is 0 Å². The van der Waals surface area contributed by atoms with Crippen LogP contribution < -0.4 is 0 Å². The summed E-state index contributed by atoms with van der Waals surface area (Å²) in [5.41, 5.74) is 0. The number of rotatable bonds is 4. The first-order valence-corrected chi connectivity index (χ1v) is 9.00. The average Bonchev–Trinajstić information content (AvgIpc) is 3.10. The van der Waals surface area contributed by atoms with Crippen molar-refractivity contribution in [2.75, 3.05) is 66.6 Å². The van der Waals surface area contributed by atoms with Gasteiger partial charge in [0.1, 0.15) is 13.1 Å². The summed E-state index contributed by atoms with van der Waals surface area (Å²) in [7, 11) is 4.95. The molecule has 3 nitrogen and oxygen atoms in total. The molecule has 4 rings (SSSR count). The summed E-state index contributed by atoms with van der Waals surface area (Å²) >= 11 is 0. The van der Waals surface area contributed by atoms with Gasteiger partial charge in [0, 0.05) is 18.3 Å². The Hall–Kier alpha value is -0.380. The first kappa shape index (κ1) is 14.2. The first-order valence-electron chi connectivity index (χ1n) is 9.00. The minimum Gasteiger partial charge on any atom is -0.370 e. The second kappa shape index (κ2) is 5.07. The average molecular weight is 292 g/mol. The fourth-order valence-corrected chi connectivity index (χ4v) is 5.68. The van der Waals surface area contributed by atoms with Crippen LogP contribution in [0.3, 0.4) is 0 Å². The molecule has 0 aromatic rings. The number of nitrogens with zero attached hydrogens (tertiary/aromatic N) is 2. The molecule has 118 valence electrons. The lowest BCUT2D eigenvalue weighted by Gasteiger charge is -2.39. The monoisotopic (exact) mass is 292 g/mol. The SMILES string of the molecule is C[N+]1(CCC[N+]2(C)C[C@@H]3[C@H](C2)[C@@H]2C=C[C@H]3C2)CCOCC1. The van der Waals surface area contributed by atoms with E-state index in [0.29, 0.717) is 0 Å². The normalized spacial score (nSPS) is 47.0. The van der Waals surface area contributed by atoms with Crippen molar-refractivity contribution in [1.82, 2.24) is 0 Å². The number of likely N-dealkylation sites (N-methyl/N-ethyl adjacent to an activating group) is 1. The fraction of sp³-hybridized carbons (Fsp3) is 0.889. The molecular formula is C18H32N2O+2. The smallest absolute Gasteiger partial charge is 0.102 e. The van der Waals surface area contributed by atoms with Crippen LogP contribution in [0.2, 0.25) is 0 Å². The molecule has 4 aliphatic rings. The largest absolute Gasteiger partial charge is 0.370 e. The molecule has 0 N–H and O–H groups in total. The Bertz CT molecular complexity index is 407. The zero-order chi connectivity index (χ0) is 14.5. The van der Waals surface area contributed by atoms with Crippen LogP contribution in [-0.2, 0) is 4.74 Å². The van der Waals surface area contributed by atoms with Crippen molar-refractivity contribution in [3.8, 4) is 0 Å². The van der Waals surface area contributed by atoms with Gasteiger partial charge < -0.3 is 13.7 Å². The quantitative estimate of drug-likeness (QED) is 0.567. The van der Waals surface area contributed by atoms with Crippen molar-refractivity contribution in [3.05, 3.63) is 12.2 Å². The van der Waals surface area contributed by atoms with E-state index in [2.05, 4.69) is 26.2 Å². The van der Waals surface area contributed by atoms with Gasteiger partial charge in [-0.15, -0.1) is 0 Å². The number of morpholine rings is 1. The number of fused-ring (bicyclic) bond motifs is 5. The topological polar surface area (TPSA) is 9.23 Å². The van der Waals surface area contributed by atoms with E-state index in [1.807, 2.05) is 0 Å². The molecule has 0 radical (unpaired) electrons. The molecule has 2 bridgehead atoms. The summed E-state index contributed by atoms with van der Waals surface area (Å²) in [6, 6.07) is 0. The number of hydrogen-bond acceptors (Lipinski definition) is 1. The van der Waals surface area contributed by atoms with E-state index in [0.717, 1.165) is 36.9 Å². The zero-order valence-corrected chi connectivity index (χ0v) is 13.8. The van der Waals surface area contributed by atoms with Crippen molar-refractivity contribution >= 4 is 0 Å². The van der Waals surface area contributed by atoms with Gasteiger partial charge in [0.2, 0.25) is 0 Å². The van der Waals surface area contributed by atoms with Crippen LogP contribution in [0.25, 0.3) is 0 Å². The Morgan fingerprint density at radius 2 is 1.48 bits per heavy atom. The standard InChI is InChI=1S/C18H32N2O/c1-19(8-10-21-11-9-19)6-3-7-20(2)13-17-15-4-5-16(12-15)18(17)14-20/h4-5,15-18H,3,6-14H2,1-2H3/q+2/t15-,16+,17-,18+,20?. The van der Waals surface area contributed by atoms with Gasteiger partial charge in [-0.3, -0.25) is 0 Å². The van der Waals surface area contributed by atoms with Gasteiger partial charge in [-0.25, -0.2) is 0 Å². The number of allylic oxidation sites excluding steroid dienone is 2. The van der Waals surface area contributed by atoms with Crippen LogP contribution in [0.1, 0.15) is 12.8 Å². The van der Waals surface area contributed by atoms with Crippen LogP contribution in [0.5, 0.6) is 0 Å². The molecule has 3 heteroatoms. The molecular weight excluding hydrogens is 260 g/mol. The summed E-state index contributed by atoms with van der Waals surface area (Å²) in [5, 5.41) is 0. The molecule has 2 heterocycles. The van der Waals surface area contributed by atoms with E-state index >= 15 is 0 Å². The molecule has 1 unspecified atom stereocenters. The van der Waals surface area contributed by atoms with E-state index in [1.165, 1.54) is 61.1 Å². The Balaban J connectivity index is 1.30. The minimum atomic E-state index is 0.934. The van der Waals surface area contributed by atoms with Crippen LogP contribution in [0, 0.1) is 23.7 Å². The molecule has 0 spiro atoms. The van der Waals surface area contributed by atoms with E-state index < -0.39 is 0 Å². The highest BCUT2D eigenvalue weighted by atomic mass is 16.5. The maximum Gasteiger partial charge on any atom is 0.102 e.